The van der Waals surface area contributed by atoms with E-state index in [1.165, 1.54) is 5.39 Å². The lowest BCUT2D eigenvalue weighted by atomic mass is 9.87. The number of hydrogen-bond acceptors (Lipinski definition) is 4. The molecule has 1 fully saturated rings. The SMILES string of the molecule is COc1ccc2cnc([C@H]3CCCN(C(=O)c4n[nH]c5c4C[C@@H](C)CC5)C3)cc2c1C. The summed E-state index contributed by atoms with van der Waals surface area (Å²) in [7, 11) is 1.70. The van der Waals surface area contributed by atoms with Crippen molar-refractivity contribution in [3.05, 3.63) is 52.6 Å². The van der Waals surface area contributed by atoms with E-state index in [1.54, 1.807) is 7.11 Å². The van der Waals surface area contributed by atoms with Crippen LogP contribution in [0, 0.1) is 12.8 Å². The van der Waals surface area contributed by atoms with Crippen molar-refractivity contribution >= 4 is 16.7 Å². The van der Waals surface area contributed by atoms with Crippen LogP contribution in [-0.2, 0) is 12.8 Å². The van der Waals surface area contributed by atoms with Crippen molar-refractivity contribution < 1.29 is 9.53 Å². The molecule has 2 aromatic heterocycles. The van der Waals surface area contributed by atoms with Gasteiger partial charge in [-0.15, -0.1) is 0 Å². The first-order chi connectivity index (χ1) is 15.0. The summed E-state index contributed by atoms with van der Waals surface area (Å²) >= 11 is 0. The molecule has 0 spiro atoms. The van der Waals surface area contributed by atoms with E-state index in [2.05, 4.69) is 36.2 Å². The standard InChI is InChI=1S/C25H30N4O2/c1-15-6-8-21-20(11-15)24(28-27-21)25(30)29-10-4-5-18(14-29)22-12-19-16(2)23(31-3)9-7-17(19)13-26-22/h7,9,12-13,15,18H,4-6,8,10-11,14H2,1-3H3,(H,27,28)/t15-,18-/m0/s1. The Labute approximate surface area is 183 Å². The van der Waals surface area contributed by atoms with Crippen LogP contribution in [-0.4, -0.2) is 46.2 Å². The van der Waals surface area contributed by atoms with E-state index in [0.29, 0.717) is 18.2 Å². The van der Waals surface area contributed by atoms with E-state index in [1.807, 2.05) is 17.2 Å². The van der Waals surface area contributed by atoms with Gasteiger partial charge in [0.2, 0.25) is 0 Å². The summed E-state index contributed by atoms with van der Waals surface area (Å²) in [5, 5.41) is 9.84. The van der Waals surface area contributed by atoms with Gasteiger partial charge in [-0.25, -0.2) is 0 Å². The highest BCUT2D eigenvalue weighted by molar-refractivity contribution is 5.94. The van der Waals surface area contributed by atoms with Crippen molar-refractivity contribution in [2.24, 2.45) is 5.92 Å². The molecule has 0 bridgehead atoms. The van der Waals surface area contributed by atoms with Gasteiger partial charge in [0.15, 0.2) is 5.69 Å². The van der Waals surface area contributed by atoms with Crippen LogP contribution in [0.2, 0.25) is 0 Å². The Morgan fingerprint density at radius 3 is 3.00 bits per heavy atom. The third kappa shape index (κ3) is 3.58. The average molecular weight is 419 g/mol. The molecule has 0 saturated carbocycles. The van der Waals surface area contributed by atoms with Crippen LogP contribution in [0.15, 0.2) is 24.4 Å². The van der Waals surface area contributed by atoms with Gasteiger partial charge in [0.1, 0.15) is 5.75 Å². The summed E-state index contributed by atoms with van der Waals surface area (Å²) in [6, 6.07) is 6.23. The quantitative estimate of drug-likeness (QED) is 0.684. The summed E-state index contributed by atoms with van der Waals surface area (Å²) < 4.78 is 5.50. The minimum absolute atomic E-state index is 0.0648. The zero-order valence-electron chi connectivity index (χ0n) is 18.6. The molecule has 1 aliphatic heterocycles. The van der Waals surface area contributed by atoms with Gasteiger partial charge in [0, 0.05) is 47.5 Å². The van der Waals surface area contributed by atoms with Crippen LogP contribution in [0.5, 0.6) is 5.75 Å². The number of hydrogen-bond donors (Lipinski definition) is 1. The van der Waals surface area contributed by atoms with Crippen molar-refractivity contribution in [1.29, 1.82) is 0 Å². The number of benzene rings is 1. The molecular weight excluding hydrogens is 388 g/mol. The van der Waals surface area contributed by atoms with Gasteiger partial charge in [-0.3, -0.25) is 14.9 Å². The molecule has 3 heterocycles. The number of amides is 1. The molecule has 2 atom stereocenters. The molecule has 1 N–H and O–H groups in total. The molecule has 2 aliphatic rings. The molecule has 1 amide bonds. The van der Waals surface area contributed by atoms with Crippen molar-refractivity contribution in [2.45, 2.75) is 51.9 Å². The molecule has 1 aromatic carbocycles. The fourth-order valence-electron chi connectivity index (χ4n) is 5.21. The van der Waals surface area contributed by atoms with Crippen LogP contribution in [0.1, 0.15) is 65.1 Å². The second kappa shape index (κ2) is 7.98. The zero-order chi connectivity index (χ0) is 21.5. The summed E-state index contributed by atoms with van der Waals surface area (Å²) in [4.78, 5) is 20.1. The van der Waals surface area contributed by atoms with Crippen molar-refractivity contribution in [3.8, 4) is 5.75 Å². The maximum Gasteiger partial charge on any atom is 0.274 e. The van der Waals surface area contributed by atoms with Crippen LogP contribution >= 0.6 is 0 Å². The van der Waals surface area contributed by atoms with E-state index in [9.17, 15) is 4.79 Å². The van der Waals surface area contributed by atoms with Gasteiger partial charge in [0.05, 0.1) is 7.11 Å². The number of H-pyrrole nitrogens is 1. The first kappa shape index (κ1) is 20.0. The Morgan fingerprint density at radius 1 is 1.29 bits per heavy atom. The number of carbonyl (C=O) groups excluding carboxylic acids is 1. The number of likely N-dealkylation sites (tertiary alicyclic amines) is 1. The first-order valence-corrected chi connectivity index (χ1v) is 11.3. The van der Waals surface area contributed by atoms with Gasteiger partial charge in [-0.1, -0.05) is 6.92 Å². The Hall–Kier alpha value is -2.89. The molecule has 0 unspecified atom stereocenters. The van der Waals surface area contributed by atoms with Gasteiger partial charge < -0.3 is 9.64 Å². The molecule has 162 valence electrons. The number of pyridine rings is 1. The number of piperidine rings is 1. The highest BCUT2D eigenvalue weighted by atomic mass is 16.5. The third-order valence-corrected chi connectivity index (χ3v) is 7.09. The second-order valence-corrected chi connectivity index (χ2v) is 9.19. The maximum atomic E-state index is 13.4. The predicted molar refractivity (Wildman–Crippen MR) is 121 cm³/mol. The fourth-order valence-corrected chi connectivity index (χ4v) is 5.21. The molecule has 6 nitrogen and oxygen atoms in total. The van der Waals surface area contributed by atoms with E-state index < -0.39 is 0 Å². The highest BCUT2D eigenvalue weighted by Gasteiger charge is 2.31. The number of aryl methyl sites for hydroxylation is 2. The second-order valence-electron chi connectivity index (χ2n) is 9.19. The number of aromatic nitrogens is 3. The van der Waals surface area contributed by atoms with Crippen LogP contribution < -0.4 is 4.74 Å². The van der Waals surface area contributed by atoms with E-state index in [4.69, 9.17) is 9.72 Å². The van der Waals surface area contributed by atoms with Crippen molar-refractivity contribution in [1.82, 2.24) is 20.1 Å². The summed E-state index contributed by atoms with van der Waals surface area (Å²) in [6.07, 6.45) is 7.06. The zero-order valence-corrected chi connectivity index (χ0v) is 18.6. The molecular formula is C25H30N4O2. The molecule has 6 heteroatoms. The monoisotopic (exact) mass is 418 g/mol. The lowest BCUT2D eigenvalue weighted by Gasteiger charge is -2.32. The van der Waals surface area contributed by atoms with E-state index >= 15 is 0 Å². The van der Waals surface area contributed by atoms with Gasteiger partial charge in [-0.2, -0.15) is 5.10 Å². The number of fused-ring (bicyclic) bond motifs is 2. The maximum absolute atomic E-state index is 13.4. The summed E-state index contributed by atoms with van der Waals surface area (Å²) in [5.41, 5.74) is 5.10. The molecule has 1 aliphatic carbocycles. The summed E-state index contributed by atoms with van der Waals surface area (Å²) in [6.45, 7) is 5.82. The molecule has 1 saturated heterocycles. The van der Waals surface area contributed by atoms with E-state index in [0.717, 1.165) is 72.3 Å². The highest BCUT2D eigenvalue weighted by Crippen LogP contribution is 2.33. The van der Waals surface area contributed by atoms with Gasteiger partial charge in [-0.05, 0) is 74.1 Å². The largest absolute Gasteiger partial charge is 0.496 e. The fraction of sp³-hybridized carbons (Fsp3) is 0.480. The van der Waals surface area contributed by atoms with Gasteiger partial charge in [0.25, 0.3) is 5.91 Å². The minimum Gasteiger partial charge on any atom is -0.496 e. The van der Waals surface area contributed by atoms with Crippen LogP contribution in [0.25, 0.3) is 10.8 Å². The molecule has 3 aromatic rings. The predicted octanol–water partition coefficient (Wildman–Crippen LogP) is 4.42. The Kier molecular flexibility index (Phi) is 5.16. The smallest absolute Gasteiger partial charge is 0.274 e. The number of nitrogens with one attached hydrogen (secondary N) is 1. The molecule has 5 rings (SSSR count). The average Bonchev–Trinajstić information content (AvgIpc) is 3.22. The van der Waals surface area contributed by atoms with Crippen molar-refractivity contribution in [3.63, 3.8) is 0 Å². The number of ether oxygens (including phenoxy) is 1. The Bertz CT molecular complexity index is 1140. The number of nitrogens with zero attached hydrogens (tertiary/aromatic N) is 3. The van der Waals surface area contributed by atoms with Gasteiger partial charge >= 0.3 is 0 Å². The van der Waals surface area contributed by atoms with Crippen molar-refractivity contribution in [2.75, 3.05) is 20.2 Å². The Morgan fingerprint density at radius 2 is 2.16 bits per heavy atom. The van der Waals surface area contributed by atoms with Crippen LogP contribution in [0.3, 0.4) is 0 Å². The lowest BCUT2D eigenvalue weighted by molar-refractivity contribution is 0.0698. The first-order valence-electron chi connectivity index (χ1n) is 11.3. The molecule has 0 radical (unpaired) electrons. The third-order valence-electron chi connectivity index (χ3n) is 7.09. The topological polar surface area (TPSA) is 71.1 Å². The minimum atomic E-state index is 0.0648. The van der Waals surface area contributed by atoms with E-state index in [-0.39, 0.29) is 11.8 Å². The number of aromatic amines is 1. The molecule has 31 heavy (non-hydrogen) atoms. The normalized spacial score (nSPS) is 21.2. The number of rotatable bonds is 3. The Balaban J connectivity index is 1.40. The van der Waals surface area contributed by atoms with Crippen LogP contribution in [0.4, 0.5) is 0 Å². The lowest BCUT2D eigenvalue weighted by Crippen LogP contribution is -2.40. The summed E-state index contributed by atoms with van der Waals surface area (Å²) in [5.74, 6) is 1.80. The number of carbonyl (C=O) groups is 1. The number of methoxy groups -OCH3 is 1.